The van der Waals surface area contributed by atoms with Gasteiger partial charge in [-0.05, 0) is 33.8 Å². The van der Waals surface area contributed by atoms with Gasteiger partial charge in [-0.15, -0.1) is 0 Å². The third-order valence-corrected chi connectivity index (χ3v) is 3.31. The summed E-state index contributed by atoms with van der Waals surface area (Å²) >= 11 is 0. The second kappa shape index (κ2) is 5.89. The minimum Gasteiger partial charge on any atom is -0.462 e. The molecular weight excluding hydrogens is 270 g/mol. The fraction of sp³-hybridized carbons (Fsp3) is 0.600. The fourth-order valence-corrected chi connectivity index (χ4v) is 2.64. The quantitative estimate of drug-likeness (QED) is 0.857. The number of pyridine rings is 1. The van der Waals surface area contributed by atoms with Crippen molar-refractivity contribution in [3.63, 3.8) is 0 Å². The number of hydrogen-bond acceptors (Lipinski definition) is 6. The number of hydrogen-bond donors (Lipinski definition) is 1. The lowest BCUT2D eigenvalue weighted by Gasteiger charge is -2.42. The van der Waals surface area contributed by atoms with Crippen molar-refractivity contribution >= 4 is 17.5 Å². The Morgan fingerprint density at radius 1 is 1.62 bits per heavy atom. The Kier molecular flexibility index (Phi) is 4.37. The van der Waals surface area contributed by atoms with Gasteiger partial charge in [0.1, 0.15) is 5.82 Å². The van der Waals surface area contributed by atoms with E-state index >= 15 is 0 Å². The lowest BCUT2D eigenvalue weighted by molar-refractivity contribution is -0.0751. The molecule has 0 bridgehead atoms. The number of esters is 1. The average molecular weight is 293 g/mol. The fourth-order valence-electron chi connectivity index (χ4n) is 2.64. The van der Waals surface area contributed by atoms with Crippen molar-refractivity contribution in [3.8, 4) is 0 Å². The molecule has 1 aromatic heterocycles. The number of anilines is 2. The van der Waals surface area contributed by atoms with E-state index in [1.807, 2.05) is 20.8 Å². The van der Waals surface area contributed by atoms with Crippen LogP contribution in [0.15, 0.2) is 12.3 Å². The average Bonchev–Trinajstić information content (AvgIpc) is 2.37. The van der Waals surface area contributed by atoms with Crippen molar-refractivity contribution in [2.75, 3.05) is 30.3 Å². The third-order valence-electron chi connectivity index (χ3n) is 3.31. The second-order valence-electron chi connectivity index (χ2n) is 5.92. The molecule has 1 unspecified atom stereocenters. The maximum atomic E-state index is 11.9. The summed E-state index contributed by atoms with van der Waals surface area (Å²) in [6.07, 6.45) is 1.61. The van der Waals surface area contributed by atoms with Gasteiger partial charge in [-0.2, -0.15) is 0 Å². The van der Waals surface area contributed by atoms with Crippen LogP contribution in [0.3, 0.4) is 0 Å². The van der Waals surface area contributed by atoms with E-state index in [1.54, 1.807) is 13.0 Å². The number of nitrogens with zero attached hydrogens (tertiary/aromatic N) is 2. The van der Waals surface area contributed by atoms with E-state index in [9.17, 15) is 4.79 Å². The van der Waals surface area contributed by atoms with Crippen LogP contribution in [-0.2, 0) is 9.47 Å². The maximum Gasteiger partial charge on any atom is 0.340 e. The first kappa shape index (κ1) is 15.6. The summed E-state index contributed by atoms with van der Waals surface area (Å²) in [6.45, 7) is 9.62. The number of nitrogens with two attached hydrogens (primary N) is 1. The summed E-state index contributed by atoms with van der Waals surface area (Å²) in [5.41, 5.74) is 6.26. The molecule has 2 rings (SSSR count). The van der Waals surface area contributed by atoms with Gasteiger partial charge in [-0.25, -0.2) is 9.78 Å². The maximum absolute atomic E-state index is 11.9. The van der Waals surface area contributed by atoms with Crippen molar-refractivity contribution in [2.24, 2.45) is 0 Å². The molecule has 0 spiro atoms. The molecule has 0 saturated carbocycles. The molecule has 0 radical (unpaired) electrons. The molecule has 0 aliphatic carbocycles. The van der Waals surface area contributed by atoms with Gasteiger partial charge in [-0.3, -0.25) is 0 Å². The highest BCUT2D eigenvalue weighted by Crippen LogP contribution is 2.26. The molecule has 21 heavy (non-hydrogen) atoms. The lowest BCUT2D eigenvalue weighted by Crippen LogP contribution is -2.52. The SMILES string of the molecule is CCOC(=O)c1cc(N2CC(C)OC(C)(C)C2)ncc1N. The standard InChI is InChI=1S/C15H23N3O3/c1-5-20-14(19)11-6-13(17-7-12(11)16)18-8-10(2)21-15(3,4)9-18/h6-7,10H,5,8-9,16H2,1-4H3. The Morgan fingerprint density at radius 2 is 2.33 bits per heavy atom. The van der Waals surface area contributed by atoms with E-state index in [2.05, 4.69) is 9.88 Å². The van der Waals surface area contributed by atoms with Crippen LogP contribution in [0.5, 0.6) is 0 Å². The molecule has 1 aliphatic rings. The van der Waals surface area contributed by atoms with E-state index in [0.717, 1.165) is 12.4 Å². The Balaban J connectivity index is 2.28. The van der Waals surface area contributed by atoms with E-state index in [-0.39, 0.29) is 11.7 Å². The first-order valence-corrected chi connectivity index (χ1v) is 7.18. The molecule has 1 fully saturated rings. The number of carbonyl (C=O) groups excluding carboxylic acids is 1. The van der Waals surface area contributed by atoms with Crippen LogP contribution >= 0.6 is 0 Å². The predicted molar refractivity (Wildman–Crippen MR) is 81.4 cm³/mol. The monoisotopic (exact) mass is 293 g/mol. The lowest BCUT2D eigenvalue weighted by atomic mass is 10.1. The highest BCUT2D eigenvalue weighted by Gasteiger charge is 2.32. The van der Waals surface area contributed by atoms with Gasteiger partial charge in [0.25, 0.3) is 0 Å². The molecule has 6 nitrogen and oxygen atoms in total. The molecule has 6 heteroatoms. The van der Waals surface area contributed by atoms with Gasteiger partial charge in [-0.1, -0.05) is 0 Å². The number of ether oxygens (including phenoxy) is 2. The second-order valence-corrected chi connectivity index (χ2v) is 5.92. The van der Waals surface area contributed by atoms with Crippen LogP contribution in [0.25, 0.3) is 0 Å². The number of carbonyl (C=O) groups is 1. The molecule has 2 N–H and O–H groups in total. The number of nitrogen functional groups attached to an aromatic ring is 1. The van der Waals surface area contributed by atoms with Crippen LogP contribution in [-0.4, -0.2) is 42.4 Å². The van der Waals surface area contributed by atoms with Crippen LogP contribution in [0.2, 0.25) is 0 Å². The van der Waals surface area contributed by atoms with Crippen molar-refractivity contribution in [1.29, 1.82) is 0 Å². The first-order chi connectivity index (χ1) is 9.82. The van der Waals surface area contributed by atoms with Crippen molar-refractivity contribution in [1.82, 2.24) is 4.98 Å². The molecular formula is C15H23N3O3. The molecule has 1 atom stereocenters. The Hall–Kier alpha value is -1.82. The summed E-state index contributed by atoms with van der Waals surface area (Å²) in [7, 11) is 0. The molecule has 1 aromatic rings. The minimum absolute atomic E-state index is 0.0964. The van der Waals surface area contributed by atoms with E-state index in [1.165, 1.54) is 6.20 Å². The number of aromatic nitrogens is 1. The van der Waals surface area contributed by atoms with Crippen LogP contribution in [0.4, 0.5) is 11.5 Å². The van der Waals surface area contributed by atoms with Gasteiger partial charge in [0.2, 0.25) is 0 Å². The summed E-state index contributed by atoms with van der Waals surface area (Å²) in [4.78, 5) is 18.4. The van der Waals surface area contributed by atoms with Crippen LogP contribution < -0.4 is 10.6 Å². The number of morpholine rings is 1. The zero-order valence-corrected chi connectivity index (χ0v) is 13.0. The zero-order valence-electron chi connectivity index (χ0n) is 13.0. The highest BCUT2D eigenvalue weighted by atomic mass is 16.5. The summed E-state index contributed by atoms with van der Waals surface area (Å²) in [5.74, 6) is 0.301. The van der Waals surface area contributed by atoms with Crippen molar-refractivity contribution in [3.05, 3.63) is 17.8 Å². The largest absolute Gasteiger partial charge is 0.462 e. The van der Waals surface area contributed by atoms with Crippen LogP contribution in [0, 0.1) is 0 Å². The van der Waals surface area contributed by atoms with Gasteiger partial charge in [0.15, 0.2) is 0 Å². The van der Waals surface area contributed by atoms with Gasteiger partial charge >= 0.3 is 5.97 Å². The topological polar surface area (TPSA) is 77.7 Å². The van der Waals surface area contributed by atoms with Crippen molar-refractivity contribution in [2.45, 2.75) is 39.4 Å². The molecule has 1 saturated heterocycles. The van der Waals surface area contributed by atoms with Gasteiger partial charge in [0, 0.05) is 13.1 Å². The van der Waals surface area contributed by atoms with Gasteiger partial charge in [0.05, 0.1) is 35.8 Å². The smallest absolute Gasteiger partial charge is 0.340 e. The van der Waals surface area contributed by atoms with Crippen LogP contribution in [0.1, 0.15) is 38.1 Å². The van der Waals surface area contributed by atoms with Gasteiger partial charge < -0.3 is 20.1 Å². The summed E-state index contributed by atoms with van der Waals surface area (Å²) in [6, 6.07) is 1.70. The van der Waals surface area contributed by atoms with Crippen molar-refractivity contribution < 1.29 is 14.3 Å². The first-order valence-electron chi connectivity index (χ1n) is 7.18. The molecule has 116 valence electrons. The molecule has 0 aromatic carbocycles. The van der Waals surface area contributed by atoms with E-state index < -0.39 is 5.97 Å². The zero-order chi connectivity index (χ0) is 15.6. The highest BCUT2D eigenvalue weighted by molar-refractivity contribution is 5.95. The Bertz CT molecular complexity index is 531. The third kappa shape index (κ3) is 3.64. The van der Waals surface area contributed by atoms with E-state index in [0.29, 0.717) is 24.4 Å². The minimum atomic E-state index is -0.417. The Morgan fingerprint density at radius 3 is 2.95 bits per heavy atom. The molecule has 0 amide bonds. The summed E-state index contributed by atoms with van der Waals surface area (Å²) < 4.78 is 10.9. The predicted octanol–water partition coefficient (Wildman–Crippen LogP) is 1.84. The molecule has 1 aliphatic heterocycles. The normalized spacial score (nSPS) is 21.1. The summed E-state index contributed by atoms with van der Waals surface area (Å²) in [5, 5.41) is 0. The number of rotatable bonds is 3. The Labute approximate surface area is 125 Å². The van der Waals surface area contributed by atoms with E-state index in [4.69, 9.17) is 15.2 Å². The molecule has 2 heterocycles.